The second kappa shape index (κ2) is 7.19. The Hall–Kier alpha value is -1.69. The summed E-state index contributed by atoms with van der Waals surface area (Å²) in [5.74, 6) is -4.56. The largest absolute Gasteiger partial charge is 0.481 e. The molecule has 1 amide bonds. The molecule has 0 aliphatic heterocycles. The number of aliphatic carboxylic acids is 1. The molecule has 0 saturated carbocycles. The van der Waals surface area contributed by atoms with Crippen LogP contribution in [-0.4, -0.2) is 23.5 Å². The van der Waals surface area contributed by atoms with E-state index in [-0.39, 0.29) is 6.54 Å². The summed E-state index contributed by atoms with van der Waals surface area (Å²) in [5.41, 5.74) is -0.507. The van der Waals surface area contributed by atoms with Crippen molar-refractivity contribution in [1.82, 2.24) is 5.32 Å². The highest BCUT2D eigenvalue weighted by atomic mass is 35.5. The van der Waals surface area contributed by atoms with Gasteiger partial charge in [-0.25, -0.2) is 8.78 Å². The van der Waals surface area contributed by atoms with Crippen molar-refractivity contribution in [3.05, 3.63) is 34.4 Å². The van der Waals surface area contributed by atoms with Crippen LogP contribution < -0.4 is 5.32 Å². The maximum absolute atomic E-state index is 13.5. The van der Waals surface area contributed by atoms with Crippen LogP contribution in [0.4, 0.5) is 8.78 Å². The van der Waals surface area contributed by atoms with Crippen LogP contribution >= 0.6 is 11.6 Å². The van der Waals surface area contributed by atoms with E-state index in [1.54, 1.807) is 0 Å². The van der Waals surface area contributed by atoms with Gasteiger partial charge in [-0.15, -0.1) is 0 Å². The van der Waals surface area contributed by atoms with Crippen molar-refractivity contribution in [2.45, 2.75) is 19.8 Å². The minimum Gasteiger partial charge on any atom is -0.481 e. The van der Waals surface area contributed by atoms with E-state index in [4.69, 9.17) is 16.7 Å². The van der Waals surface area contributed by atoms with Crippen LogP contribution in [0, 0.1) is 17.6 Å². The molecule has 2 N–H and O–H groups in total. The molecule has 0 aliphatic carbocycles. The van der Waals surface area contributed by atoms with Crippen molar-refractivity contribution in [1.29, 1.82) is 0 Å². The van der Waals surface area contributed by atoms with Crippen LogP contribution in [0.15, 0.2) is 12.1 Å². The summed E-state index contributed by atoms with van der Waals surface area (Å²) in [6, 6.07) is 1.38. The number of carbonyl (C=O) groups is 2. The van der Waals surface area contributed by atoms with Gasteiger partial charge in [-0.3, -0.25) is 9.59 Å². The second-order valence-corrected chi connectivity index (χ2v) is 4.69. The molecule has 0 heterocycles. The average molecular weight is 306 g/mol. The molecule has 1 atom stereocenters. The van der Waals surface area contributed by atoms with Gasteiger partial charge in [0.25, 0.3) is 5.91 Å². The van der Waals surface area contributed by atoms with Gasteiger partial charge < -0.3 is 10.4 Å². The Labute approximate surface area is 119 Å². The molecule has 0 fully saturated rings. The molecule has 1 unspecified atom stereocenters. The highest BCUT2D eigenvalue weighted by molar-refractivity contribution is 6.30. The number of carboxylic acids is 1. The standard InChI is InChI=1S/C13H14ClF2NO3/c1-2-3-7(13(19)20)6-17-12(18)8-4-11(16)9(14)5-10(8)15/h4-5,7H,2-3,6H2,1H3,(H,17,18)(H,19,20). The Bertz CT molecular complexity index is 523. The molecule has 0 saturated heterocycles. The maximum Gasteiger partial charge on any atom is 0.308 e. The van der Waals surface area contributed by atoms with Crippen LogP contribution in [-0.2, 0) is 4.79 Å². The normalized spacial score (nSPS) is 12.0. The van der Waals surface area contributed by atoms with Crippen LogP contribution in [0.1, 0.15) is 30.1 Å². The zero-order valence-corrected chi connectivity index (χ0v) is 11.5. The summed E-state index contributed by atoms with van der Waals surface area (Å²) in [5, 5.41) is 10.8. The van der Waals surface area contributed by atoms with Gasteiger partial charge in [-0.05, 0) is 18.6 Å². The van der Waals surface area contributed by atoms with Gasteiger partial charge in [0.15, 0.2) is 0 Å². The number of carboxylic acid groups (broad SMARTS) is 1. The number of hydrogen-bond donors (Lipinski definition) is 2. The second-order valence-electron chi connectivity index (χ2n) is 4.28. The topological polar surface area (TPSA) is 66.4 Å². The Balaban J connectivity index is 2.76. The van der Waals surface area contributed by atoms with E-state index in [2.05, 4.69) is 5.32 Å². The zero-order valence-electron chi connectivity index (χ0n) is 10.8. The summed E-state index contributed by atoms with van der Waals surface area (Å²) >= 11 is 5.38. The predicted octanol–water partition coefficient (Wildman–Crippen LogP) is 2.85. The number of carbonyl (C=O) groups excluding carboxylic acids is 1. The van der Waals surface area contributed by atoms with Gasteiger partial charge in [-0.2, -0.15) is 0 Å². The van der Waals surface area contributed by atoms with Crippen LogP contribution in [0.5, 0.6) is 0 Å². The quantitative estimate of drug-likeness (QED) is 0.794. The fourth-order valence-corrected chi connectivity index (χ4v) is 1.82. The lowest BCUT2D eigenvalue weighted by Gasteiger charge is -2.12. The number of hydrogen-bond acceptors (Lipinski definition) is 2. The van der Waals surface area contributed by atoms with Crippen LogP contribution in [0.25, 0.3) is 0 Å². The Morgan fingerprint density at radius 1 is 1.35 bits per heavy atom. The summed E-state index contributed by atoms with van der Waals surface area (Å²) < 4.78 is 26.7. The minimum atomic E-state index is -1.05. The maximum atomic E-state index is 13.5. The first kappa shape index (κ1) is 16.4. The Morgan fingerprint density at radius 3 is 2.55 bits per heavy atom. The molecule has 1 aromatic carbocycles. The van der Waals surface area contributed by atoms with Gasteiger partial charge in [0.05, 0.1) is 16.5 Å². The smallest absolute Gasteiger partial charge is 0.308 e. The summed E-state index contributed by atoms with van der Waals surface area (Å²) in [4.78, 5) is 22.6. The lowest BCUT2D eigenvalue weighted by molar-refractivity contribution is -0.141. The molecule has 4 nitrogen and oxygen atoms in total. The number of amides is 1. The van der Waals surface area contributed by atoms with E-state index in [9.17, 15) is 18.4 Å². The summed E-state index contributed by atoms with van der Waals surface area (Å²) in [6.07, 6.45) is 1.02. The molecule has 1 aromatic rings. The van der Waals surface area contributed by atoms with Crippen LogP contribution in [0.3, 0.4) is 0 Å². The van der Waals surface area contributed by atoms with Crippen molar-refractivity contribution < 1.29 is 23.5 Å². The highest BCUT2D eigenvalue weighted by Gasteiger charge is 2.20. The van der Waals surface area contributed by atoms with Crippen molar-refractivity contribution in [3.63, 3.8) is 0 Å². The van der Waals surface area contributed by atoms with E-state index in [1.165, 1.54) is 0 Å². The predicted molar refractivity (Wildman–Crippen MR) is 69.7 cm³/mol. The van der Waals surface area contributed by atoms with E-state index < -0.39 is 40.0 Å². The van der Waals surface area contributed by atoms with E-state index in [0.717, 1.165) is 0 Å². The zero-order chi connectivity index (χ0) is 15.3. The third kappa shape index (κ3) is 4.16. The van der Waals surface area contributed by atoms with Crippen molar-refractivity contribution in [3.8, 4) is 0 Å². The minimum absolute atomic E-state index is 0.147. The van der Waals surface area contributed by atoms with E-state index in [0.29, 0.717) is 25.0 Å². The molecule has 20 heavy (non-hydrogen) atoms. The molecule has 0 aromatic heterocycles. The lowest BCUT2D eigenvalue weighted by atomic mass is 10.0. The third-order valence-corrected chi connectivity index (χ3v) is 3.04. The van der Waals surface area contributed by atoms with Gasteiger partial charge in [0, 0.05) is 6.54 Å². The Morgan fingerprint density at radius 2 is 2.00 bits per heavy atom. The van der Waals surface area contributed by atoms with Gasteiger partial charge in [-0.1, -0.05) is 24.9 Å². The van der Waals surface area contributed by atoms with Crippen molar-refractivity contribution in [2.24, 2.45) is 5.92 Å². The lowest BCUT2D eigenvalue weighted by Crippen LogP contribution is -2.33. The van der Waals surface area contributed by atoms with Gasteiger partial charge >= 0.3 is 5.97 Å². The molecule has 0 radical (unpaired) electrons. The van der Waals surface area contributed by atoms with Crippen molar-refractivity contribution in [2.75, 3.05) is 6.54 Å². The highest BCUT2D eigenvalue weighted by Crippen LogP contribution is 2.19. The number of halogens is 3. The molecule has 0 bridgehead atoms. The molecule has 1 rings (SSSR count). The molecule has 0 aliphatic rings. The first-order chi connectivity index (χ1) is 9.36. The first-order valence-electron chi connectivity index (χ1n) is 6.02. The summed E-state index contributed by atoms with van der Waals surface area (Å²) in [7, 11) is 0. The third-order valence-electron chi connectivity index (χ3n) is 2.75. The molecule has 0 spiro atoms. The SMILES string of the molecule is CCCC(CNC(=O)c1cc(F)c(Cl)cc1F)C(=O)O. The molecule has 110 valence electrons. The fraction of sp³-hybridized carbons (Fsp3) is 0.385. The van der Waals surface area contributed by atoms with E-state index in [1.807, 2.05) is 6.92 Å². The Kier molecular flexibility index (Phi) is 5.88. The molecule has 7 heteroatoms. The monoisotopic (exact) mass is 305 g/mol. The summed E-state index contributed by atoms with van der Waals surface area (Å²) in [6.45, 7) is 1.66. The van der Waals surface area contributed by atoms with Crippen LogP contribution in [0.2, 0.25) is 5.02 Å². The fourth-order valence-electron chi connectivity index (χ4n) is 1.67. The van der Waals surface area contributed by atoms with Gasteiger partial charge in [0.1, 0.15) is 11.6 Å². The number of rotatable bonds is 6. The van der Waals surface area contributed by atoms with Gasteiger partial charge in [0.2, 0.25) is 0 Å². The average Bonchev–Trinajstić information content (AvgIpc) is 2.38. The molecular weight excluding hydrogens is 292 g/mol. The molecular formula is C13H14ClF2NO3. The number of benzene rings is 1. The first-order valence-corrected chi connectivity index (χ1v) is 6.40. The van der Waals surface area contributed by atoms with Crippen molar-refractivity contribution >= 4 is 23.5 Å². The number of nitrogens with one attached hydrogen (secondary N) is 1. The van der Waals surface area contributed by atoms with E-state index >= 15 is 0 Å².